The second-order valence-corrected chi connectivity index (χ2v) is 10.4. The van der Waals surface area contributed by atoms with E-state index < -0.39 is 21.7 Å². The Morgan fingerprint density at radius 1 is 1.08 bits per heavy atom. The second kappa shape index (κ2) is 8.71. The van der Waals surface area contributed by atoms with E-state index in [1.54, 1.807) is 4.31 Å². The van der Waals surface area contributed by atoms with Crippen molar-refractivity contribution >= 4 is 16.1 Å². The first-order valence-electron chi connectivity index (χ1n) is 9.64. The van der Waals surface area contributed by atoms with Crippen LogP contribution < -0.4 is 5.32 Å². The fourth-order valence-electron chi connectivity index (χ4n) is 3.81. The lowest BCUT2D eigenvalue weighted by Crippen LogP contribution is -2.51. The molecule has 2 aliphatic rings. The van der Waals surface area contributed by atoms with Gasteiger partial charge in [0.1, 0.15) is 5.60 Å². The molecule has 25 heavy (non-hydrogen) atoms. The topological polar surface area (TPSA) is 75.7 Å². The summed E-state index contributed by atoms with van der Waals surface area (Å²) in [7, 11) is -3.27. The summed E-state index contributed by atoms with van der Waals surface area (Å²) in [5.74, 6) is 0.552. The average molecular weight is 375 g/mol. The smallest absolute Gasteiger partial charge is 0.407 e. The molecule has 1 unspecified atom stereocenters. The number of rotatable bonds is 5. The summed E-state index contributed by atoms with van der Waals surface area (Å²) in [6.07, 6.45) is 7.75. The summed E-state index contributed by atoms with van der Waals surface area (Å²) < 4.78 is 32.7. The number of hydrogen-bond donors (Lipinski definition) is 1. The molecule has 0 radical (unpaired) electrons. The number of alkyl carbamates (subject to hydrolysis) is 1. The highest BCUT2D eigenvalue weighted by Crippen LogP contribution is 2.28. The number of nitrogens with zero attached hydrogens (tertiary/aromatic N) is 1. The summed E-state index contributed by atoms with van der Waals surface area (Å²) in [5, 5.41) is 2.75. The van der Waals surface area contributed by atoms with Gasteiger partial charge in [0.2, 0.25) is 10.0 Å². The first kappa shape index (κ1) is 20.5. The Bertz CT molecular complexity index is 536. The normalized spacial score (nSPS) is 24.0. The van der Waals surface area contributed by atoms with Crippen LogP contribution in [0.4, 0.5) is 4.79 Å². The summed E-state index contributed by atoms with van der Waals surface area (Å²) in [5.41, 5.74) is -0.552. The Labute approximate surface area is 152 Å². The van der Waals surface area contributed by atoms with Crippen LogP contribution in [0.2, 0.25) is 0 Å². The molecule has 1 amide bonds. The molecule has 0 aromatic carbocycles. The third-order valence-electron chi connectivity index (χ3n) is 4.98. The highest BCUT2D eigenvalue weighted by molar-refractivity contribution is 7.89. The van der Waals surface area contributed by atoms with Crippen LogP contribution in [0.5, 0.6) is 0 Å². The minimum Gasteiger partial charge on any atom is -0.444 e. The molecule has 1 atom stereocenters. The fraction of sp³-hybridized carbons (Fsp3) is 0.944. The van der Waals surface area contributed by atoms with Crippen molar-refractivity contribution in [1.29, 1.82) is 0 Å². The molecule has 7 heteroatoms. The standard InChI is InChI=1S/C18H34N2O4S/c1-18(2,3)24-17(21)19-13-16-11-7-8-12-20(16)25(22,23)14-15-9-5-4-6-10-15/h15-16H,4-14H2,1-3H3,(H,19,21). The van der Waals surface area contributed by atoms with Crippen LogP contribution >= 0.6 is 0 Å². The third kappa shape index (κ3) is 6.77. The maximum absolute atomic E-state index is 12.9. The van der Waals surface area contributed by atoms with Gasteiger partial charge >= 0.3 is 6.09 Å². The van der Waals surface area contributed by atoms with Crippen LogP contribution in [-0.4, -0.2) is 49.3 Å². The van der Waals surface area contributed by atoms with Gasteiger partial charge in [-0.1, -0.05) is 25.7 Å². The van der Waals surface area contributed by atoms with Crippen molar-refractivity contribution in [2.75, 3.05) is 18.8 Å². The molecule has 0 bridgehead atoms. The Morgan fingerprint density at radius 2 is 1.72 bits per heavy atom. The fourth-order valence-corrected chi connectivity index (χ4v) is 5.97. The average Bonchev–Trinajstić information content (AvgIpc) is 2.52. The Hall–Kier alpha value is -0.820. The highest BCUT2D eigenvalue weighted by atomic mass is 32.2. The molecule has 0 aromatic rings. The van der Waals surface area contributed by atoms with Gasteiger partial charge in [0.15, 0.2) is 0 Å². The number of hydrogen-bond acceptors (Lipinski definition) is 4. The number of carbonyl (C=O) groups excluding carboxylic acids is 1. The van der Waals surface area contributed by atoms with Gasteiger partial charge in [0, 0.05) is 19.1 Å². The van der Waals surface area contributed by atoms with Gasteiger partial charge in [-0.15, -0.1) is 0 Å². The highest BCUT2D eigenvalue weighted by Gasteiger charge is 2.34. The van der Waals surface area contributed by atoms with Crippen LogP contribution in [0.15, 0.2) is 0 Å². The summed E-state index contributed by atoms with van der Waals surface area (Å²) in [6, 6.07) is -0.158. The van der Waals surface area contributed by atoms with Crippen molar-refractivity contribution in [2.24, 2.45) is 5.92 Å². The van der Waals surface area contributed by atoms with Crippen molar-refractivity contribution in [3.05, 3.63) is 0 Å². The van der Waals surface area contributed by atoms with Crippen molar-refractivity contribution < 1.29 is 17.9 Å². The van der Waals surface area contributed by atoms with Crippen LogP contribution in [0, 0.1) is 5.92 Å². The van der Waals surface area contributed by atoms with E-state index in [0.717, 1.165) is 44.9 Å². The van der Waals surface area contributed by atoms with Gasteiger partial charge in [-0.25, -0.2) is 13.2 Å². The SMILES string of the molecule is CC(C)(C)OC(=O)NCC1CCCCN1S(=O)(=O)CC1CCCCC1. The zero-order chi connectivity index (χ0) is 18.5. The van der Waals surface area contributed by atoms with Crippen molar-refractivity contribution in [2.45, 2.75) is 83.8 Å². The van der Waals surface area contributed by atoms with E-state index >= 15 is 0 Å². The van der Waals surface area contributed by atoms with E-state index in [2.05, 4.69) is 5.32 Å². The molecule has 0 aromatic heterocycles. The van der Waals surface area contributed by atoms with Crippen molar-refractivity contribution in [1.82, 2.24) is 9.62 Å². The second-order valence-electron chi connectivity index (χ2n) is 8.43. The number of amides is 1. The molecule has 6 nitrogen and oxygen atoms in total. The summed E-state index contributed by atoms with van der Waals surface area (Å²) >= 11 is 0. The lowest BCUT2D eigenvalue weighted by Gasteiger charge is -2.36. The number of sulfonamides is 1. The summed E-state index contributed by atoms with van der Waals surface area (Å²) in [6.45, 7) is 6.32. The van der Waals surface area contributed by atoms with Gasteiger partial charge in [0.05, 0.1) is 5.75 Å². The van der Waals surface area contributed by atoms with E-state index in [4.69, 9.17) is 4.74 Å². The van der Waals surface area contributed by atoms with Crippen molar-refractivity contribution in [3.63, 3.8) is 0 Å². The van der Waals surface area contributed by atoms with Crippen molar-refractivity contribution in [3.8, 4) is 0 Å². The first-order chi connectivity index (χ1) is 11.7. The predicted octanol–water partition coefficient (Wildman–Crippen LogP) is 3.28. The Balaban J connectivity index is 1.93. The largest absolute Gasteiger partial charge is 0.444 e. The molecular formula is C18H34N2O4S. The van der Waals surface area contributed by atoms with E-state index in [1.807, 2.05) is 20.8 Å². The molecule has 0 spiro atoms. The molecule has 1 aliphatic heterocycles. The number of piperidine rings is 1. The Morgan fingerprint density at radius 3 is 2.36 bits per heavy atom. The molecule has 1 saturated carbocycles. The maximum Gasteiger partial charge on any atom is 0.407 e. The van der Waals surface area contributed by atoms with Crippen LogP contribution in [0.1, 0.15) is 72.1 Å². The first-order valence-corrected chi connectivity index (χ1v) is 11.2. The van der Waals surface area contributed by atoms with E-state index in [0.29, 0.717) is 19.0 Å². The molecule has 146 valence electrons. The van der Waals surface area contributed by atoms with Gasteiger partial charge < -0.3 is 10.1 Å². The van der Waals surface area contributed by atoms with E-state index in [-0.39, 0.29) is 11.8 Å². The quantitative estimate of drug-likeness (QED) is 0.801. The van der Waals surface area contributed by atoms with Crippen LogP contribution in [0.25, 0.3) is 0 Å². The van der Waals surface area contributed by atoms with Gasteiger partial charge in [-0.3, -0.25) is 0 Å². The molecule has 2 fully saturated rings. The van der Waals surface area contributed by atoms with E-state index in [1.165, 1.54) is 6.42 Å². The molecule has 2 rings (SSSR count). The molecule has 1 heterocycles. The minimum atomic E-state index is -3.27. The van der Waals surface area contributed by atoms with Gasteiger partial charge in [-0.2, -0.15) is 4.31 Å². The summed E-state index contributed by atoms with van der Waals surface area (Å²) in [4.78, 5) is 11.9. The number of carbonyl (C=O) groups is 1. The van der Waals surface area contributed by atoms with Crippen LogP contribution in [-0.2, 0) is 14.8 Å². The molecular weight excluding hydrogens is 340 g/mol. The minimum absolute atomic E-state index is 0.158. The zero-order valence-electron chi connectivity index (χ0n) is 15.9. The lowest BCUT2D eigenvalue weighted by molar-refractivity contribution is 0.0512. The number of ether oxygens (including phenoxy) is 1. The van der Waals surface area contributed by atoms with Gasteiger partial charge in [-0.05, 0) is 52.4 Å². The number of nitrogens with one attached hydrogen (secondary N) is 1. The maximum atomic E-state index is 12.9. The van der Waals surface area contributed by atoms with Gasteiger partial charge in [0.25, 0.3) is 0 Å². The third-order valence-corrected chi connectivity index (χ3v) is 7.07. The monoisotopic (exact) mass is 374 g/mol. The van der Waals surface area contributed by atoms with Crippen LogP contribution in [0.3, 0.4) is 0 Å². The predicted molar refractivity (Wildman–Crippen MR) is 98.9 cm³/mol. The van der Waals surface area contributed by atoms with E-state index in [9.17, 15) is 13.2 Å². The molecule has 1 aliphatic carbocycles. The Kier molecular flexibility index (Phi) is 7.14. The molecule has 1 saturated heterocycles. The zero-order valence-corrected chi connectivity index (χ0v) is 16.7. The molecule has 1 N–H and O–H groups in total. The lowest BCUT2D eigenvalue weighted by atomic mass is 9.91.